The Labute approximate surface area is 95.8 Å². The van der Waals surface area contributed by atoms with Crippen molar-refractivity contribution < 1.29 is 9.47 Å². The van der Waals surface area contributed by atoms with E-state index in [4.69, 9.17) is 21.7 Å². The van der Waals surface area contributed by atoms with Gasteiger partial charge in [-0.25, -0.2) is 0 Å². The lowest BCUT2D eigenvalue weighted by molar-refractivity contribution is 0.188. The van der Waals surface area contributed by atoms with Crippen LogP contribution in [0.5, 0.6) is 0 Å². The molecule has 0 atom stereocenters. The van der Waals surface area contributed by atoms with Gasteiger partial charge in [0.05, 0.1) is 25.6 Å². The molecule has 0 heterocycles. The maximum Gasteiger partial charge on any atom is 0.133 e. The predicted molar refractivity (Wildman–Crippen MR) is 65.5 cm³/mol. The number of nitrogens with zero attached hydrogens (tertiary/aromatic N) is 1. The van der Waals surface area contributed by atoms with Gasteiger partial charge < -0.3 is 14.4 Å². The second-order valence-electron chi connectivity index (χ2n) is 2.34. The third-order valence-corrected chi connectivity index (χ3v) is 2.01. The summed E-state index contributed by atoms with van der Waals surface area (Å²) in [5.74, 6) is 0. The summed E-state index contributed by atoms with van der Waals surface area (Å²) in [7, 11) is 0. The van der Waals surface area contributed by atoms with Crippen molar-refractivity contribution in [2.75, 3.05) is 26.3 Å². The van der Waals surface area contributed by atoms with Gasteiger partial charge in [-0.05, 0) is 0 Å². The number of thiocarbonyl (C=S) groups is 1. The van der Waals surface area contributed by atoms with Crippen LogP contribution in [-0.4, -0.2) is 35.5 Å². The van der Waals surface area contributed by atoms with Crippen LogP contribution >= 0.6 is 24.8 Å². The van der Waals surface area contributed by atoms with E-state index in [0.717, 1.165) is 0 Å². The Hall–Kier alpha value is -0.680. The van der Waals surface area contributed by atoms with Crippen molar-refractivity contribution in [3.63, 3.8) is 0 Å². The van der Waals surface area contributed by atoms with E-state index in [9.17, 15) is 0 Å². The monoisotopic (exact) mass is 233 g/mol. The molecule has 80 valence electrons. The predicted octanol–water partition coefficient (Wildman–Crippen LogP) is 1.82. The number of hydrogen-bond acceptors (Lipinski definition) is 3. The molecule has 0 amide bonds. The third-order valence-electron chi connectivity index (χ3n) is 1.46. The molecule has 14 heavy (non-hydrogen) atoms. The van der Waals surface area contributed by atoms with Crippen molar-refractivity contribution in [3.05, 3.63) is 25.7 Å². The summed E-state index contributed by atoms with van der Waals surface area (Å²) in [5, 5.41) is 0. The molecule has 0 radical (unpaired) electrons. The summed E-state index contributed by atoms with van der Waals surface area (Å²) < 4.78 is 10.5. The molecule has 0 aliphatic carbocycles. The maximum absolute atomic E-state index is 4.99. The van der Waals surface area contributed by atoms with Crippen molar-refractivity contribution >= 4 is 29.2 Å². The van der Waals surface area contributed by atoms with E-state index in [1.165, 1.54) is 12.5 Å². The lowest BCUT2D eigenvalue weighted by Crippen LogP contribution is -2.32. The van der Waals surface area contributed by atoms with Crippen LogP contribution in [0, 0.1) is 0 Å². The van der Waals surface area contributed by atoms with Gasteiger partial charge in [0, 0.05) is 0 Å². The van der Waals surface area contributed by atoms with E-state index in [-0.39, 0.29) is 0 Å². The molecule has 0 aliphatic rings. The van der Waals surface area contributed by atoms with Gasteiger partial charge in [-0.3, -0.25) is 0 Å². The molecule has 0 aromatic heterocycles. The van der Waals surface area contributed by atoms with E-state index < -0.39 is 0 Å². The Bertz CT molecular complexity index is 183. The van der Waals surface area contributed by atoms with Gasteiger partial charge in [-0.15, -0.1) is 12.6 Å². The van der Waals surface area contributed by atoms with Gasteiger partial charge in [0.25, 0.3) is 0 Å². The van der Waals surface area contributed by atoms with E-state index in [2.05, 4.69) is 25.8 Å². The van der Waals surface area contributed by atoms with Crippen LogP contribution in [0.2, 0.25) is 0 Å². The molecule has 0 aromatic rings. The van der Waals surface area contributed by atoms with Crippen LogP contribution in [0.25, 0.3) is 0 Å². The molecule has 0 aromatic carbocycles. The zero-order chi connectivity index (χ0) is 10.8. The molecule has 0 rings (SSSR count). The van der Waals surface area contributed by atoms with Crippen LogP contribution in [0.3, 0.4) is 0 Å². The first-order valence-corrected chi connectivity index (χ1v) is 5.00. The summed E-state index contributed by atoms with van der Waals surface area (Å²) in [6, 6.07) is 0. The first-order valence-electron chi connectivity index (χ1n) is 4.15. The molecule has 0 spiro atoms. The summed E-state index contributed by atoms with van der Waals surface area (Å²) >= 11 is 9.04. The molecular formula is C9H15NO2S2. The second-order valence-corrected chi connectivity index (χ2v) is 3.46. The van der Waals surface area contributed by atoms with Crippen molar-refractivity contribution in [2.24, 2.45) is 0 Å². The molecule has 0 bridgehead atoms. The Morgan fingerprint density at radius 1 is 1.21 bits per heavy atom. The van der Waals surface area contributed by atoms with Crippen molar-refractivity contribution in [3.8, 4) is 0 Å². The minimum atomic E-state index is 0.533. The van der Waals surface area contributed by atoms with Crippen LogP contribution in [0.4, 0.5) is 0 Å². The normalized spacial score (nSPS) is 8.93. The largest absolute Gasteiger partial charge is 0.500 e. The summed E-state index contributed by atoms with van der Waals surface area (Å²) in [6.07, 6.45) is 2.81. The van der Waals surface area contributed by atoms with E-state index in [1.807, 2.05) is 4.90 Å². The Morgan fingerprint density at radius 2 is 1.64 bits per heavy atom. The number of ether oxygens (including phenoxy) is 2. The summed E-state index contributed by atoms with van der Waals surface area (Å²) in [4.78, 5) is 1.88. The van der Waals surface area contributed by atoms with Gasteiger partial charge in [-0.1, -0.05) is 25.4 Å². The van der Waals surface area contributed by atoms with Gasteiger partial charge in [-0.2, -0.15) is 0 Å². The fraction of sp³-hybridized carbons (Fsp3) is 0.444. The fourth-order valence-corrected chi connectivity index (χ4v) is 1.18. The highest BCUT2D eigenvalue weighted by Gasteiger charge is 2.05. The van der Waals surface area contributed by atoms with Gasteiger partial charge in [0.2, 0.25) is 0 Å². The van der Waals surface area contributed by atoms with Crippen molar-refractivity contribution in [1.82, 2.24) is 4.90 Å². The summed E-state index contributed by atoms with van der Waals surface area (Å²) in [5.41, 5.74) is 0. The Morgan fingerprint density at radius 3 is 1.93 bits per heavy atom. The van der Waals surface area contributed by atoms with Crippen molar-refractivity contribution in [2.45, 2.75) is 0 Å². The molecule has 0 saturated carbocycles. The quantitative estimate of drug-likeness (QED) is 0.299. The molecule has 0 N–H and O–H groups in total. The highest BCUT2D eigenvalue weighted by atomic mass is 32.1. The maximum atomic E-state index is 4.99. The zero-order valence-corrected chi connectivity index (χ0v) is 9.73. The molecular weight excluding hydrogens is 218 g/mol. The second kappa shape index (κ2) is 8.90. The van der Waals surface area contributed by atoms with Crippen molar-refractivity contribution in [1.29, 1.82) is 0 Å². The van der Waals surface area contributed by atoms with E-state index in [0.29, 0.717) is 30.6 Å². The Kier molecular flexibility index (Phi) is 8.47. The van der Waals surface area contributed by atoms with Crippen LogP contribution in [0.15, 0.2) is 25.7 Å². The highest BCUT2D eigenvalue weighted by molar-refractivity contribution is 8.10. The summed E-state index contributed by atoms with van der Waals surface area (Å²) in [6.45, 7) is 9.33. The minimum Gasteiger partial charge on any atom is -0.500 e. The SMILES string of the molecule is C=COCCN(CCOC=C)C(=S)S. The fourth-order valence-electron chi connectivity index (χ4n) is 0.796. The highest BCUT2D eigenvalue weighted by Crippen LogP contribution is 1.97. The zero-order valence-electron chi connectivity index (χ0n) is 8.02. The molecule has 0 aliphatic heterocycles. The van der Waals surface area contributed by atoms with Crippen LogP contribution in [-0.2, 0) is 9.47 Å². The number of rotatable bonds is 8. The Balaban J connectivity index is 3.71. The lowest BCUT2D eigenvalue weighted by atomic mass is 10.5. The molecule has 5 heteroatoms. The molecule has 3 nitrogen and oxygen atoms in total. The van der Waals surface area contributed by atoms with Crippen LogP contribution in [0.1, 0.15) is 0 Å². The smallest absolute Gasteiger partial charge is 0.133 e. The number of thiol groups is 1. The van der Waals surface area contributed by atoms with Crippen LogP contribution < -0.4 is 0 Å². The lowest BCUT2D eigenvalue weighted by Gasteiger charge is -2.21. The average Bonchev–Trinajstić information content (AvgIpc) is 2.15. The average molecular weight is 233 g/mol. The molecule has 0 saturated heterocycles. The van der Waals surface area contributed by atoms with E-state index >= 15 is 0 Å². The van der Waals surface area contributed by atoms with Gasteiger partial charge >= 0.3 is 0 Å². The first kappa shape index (κ1) is 13.3. The van der Waals surface area contributed by atoms with Gasteiger partial charge in [0.1, 0.15) is 17.5 Å². The first-order chi connectivity index (χ1) is 6.72. The minimum absolute atomic E-state index is 0.533. The van der Waals surface area contributed by atoms with E-state index in [1.54, 1.807) is 0 Å². The standard InChI is InChI=1S/C9H15NO2S2/c1-3-11-7-5-10(9(13)14)6-8-12-4-2/h3-4H,1-2,5-8H2,(H,13,14). The number of hydrogen-bond donors (Lipinski definition) is 1. The van der Waals surface area contributed by atoms with Gasteiger partial charge in [0.15, 0.2) is 0 Å². The topological polar surface area (TPSA) is 21.7 Å². The molecule has 0 unspecified atom stereocenters. The third kappa shape index (κ3) is 6.80. The molecule has 0 fully saturated rings.